The summed E-state index contributed by atoms with van der Waals surface area (Å²) < 4.78 is 0. The van der Waals surface area contributed by atoms with E-state index in [9.17, 15) is 19.2 Å². The number of nitrogens with one attached hydrogen (secondary N) is 12. The van der Waals surface area contributed by atoms with Crippen molar-refractivity contribution >= 4 is 157 Å². The van der Waals surface area contributed by atoms with Crippen molar-refractivity contribution < 1.29 is 19.2 Å². The van der Waals surface area contributed by atoms with Crippen LogP contribution in [0.4, 0.5) is 45.5 Å². The number of piperidine rings is 4. The molecule has 20 aromatic heterocycles. The SMILES string of the molecule is CC(C)(C)CC(=O)Nc1cncc(-c2cnc3n[nH]c(-c4nc5c(N6CCCCC6)cncc5[nH]4)c3c2)c1.CCCC(=O)Nc1cncc(-c2cnc3n[nH]c(-c4nc5c(N6CCCCC6)cncc5[nH]4)c3c2)c1.CCCCC(=O)Nc1cncc(-c2cnc3n[nH]c(-c4nc5c(N6CCCCC6)cncc5[nH]4)c3c2)c1.O=C(Nc1cncc(-c2cnc3n[nH]c(-c4nc5c(N6CCCCC6)cncc5[nH]4)c3c2)c1)C1CC1. The number of hydrogen-bond acceptors (Lipinski definition) is 28. The number of unbranched alkanes of at least 4 members (excludes halogenated alkanes) is 1. The van der Waals surface area contributed by atoms with E-state index in [1.165, 1.54) is 77.0 Å². The Morgan fingerprint density at radius 1 is 0.313 bits per heavy atom. The Morgan fingerprint density at radius 2 is 0.585 bits per heavy atom. The number of rotatable bonds is 23. The lowest BCUT2D eigenvalue weighted by atomic mass is 9.92. The molecule has 5 fully saturated rings. The second-order valence-electron chi connectivity index (χ2n) is 39.4. The highest BCUT2D eigenvalue weighted by Gasteiger charge is 2.32. The van der Waals surface area contributed by atoms with Crippen LogP contribution in [0.15, 0.2) is 172 Å². The first-order chi connectivity index (χ1) is 71.9. The fourth-order valence-electron chi connectivity index (χ4n) is 19.5. The highest BCUT2D eigenvalue weighted by Crippen LogP contribution is 2.41. The van der Waals surface area contributed by atoms with Crippen LogP contribution in [0.25, 0.3) is 179 Å². The van der Waals surface area contributed by atoms with Gasteiger partial charge in [0.05, 0.1) is 163 Å². The number of imidazole rings is 4. The molecule has 12 N–H and O–H groups in total. The molecule has 40 nitrogen and oxygen atoms in total. The first-order valence-corrected chi connectivity index (χ1v) is 50.7. The van der Waals surface area contributed by atoms with E-state index in [0.717, 1.165) is 240 Å². The van der Waals surface area contributed by atoms with Crippen LogP contribution in [-0.2, 0) is 19.2 Å². The summed E-state index contributed by atoms with van der Waals surface area (Å²) in [6, 6.07) is 15.8. The maximum absolute atomic E-state index is 12.4. The van der Waals surface area contributed by atoms with Crippen LogP contribution in [0.2, 0.25) is 0 Å². The van der Waals surface area contributed by atoms with Crippen molar-refractivity contribution in [1.29, 1.82) is 0 Å². The van der Waals surface area contributed by atoms with E-state index < -0.39 is 0 Å². The third kappa shape index (κ3) is 21.0. The highest BCUT2D eigenvalue weighted by atomic mass is 16.2. The standard InChI is InChI=1S/C28H31N9O.C27H29N9O.C26H25N9O.C26H27N9O/c1-28(2,3)11-23(38)32-19-9-17(12-29-14-19)18-10-20-24(35-36-26(20)31-13-18)27-33-21-15-30-16-22(25(21)34-27)37-7-5-4-6-8-37;1-2-3-7-23(37)31-19-10-17(12-28-14-19)18-11-20-24(34-35-26(20)30-13-18)27-32-21-15-29-16-22(25(21)33-27)36-8-5-4-6-9-36;36-26(15-4-5-15)30-18-8-16(10-27-12-18)17-9-19-22(33-34-24(19)29-11-17)25-31-20-13-28-14-21(23(20)32-25)35-6-2-1-3-7-35;1-2-6-22(36)30-18-9-16(11-27-13-18)17-10-19-23(33-34-25(19)29-12-17)26-31-20-14-28-15-21(24(20)32-26)35-7-4-3-5-8-35/h9-10,12-16H,4-8,11H2,1-3H3,(H,32,38)(H,33,34)(H,31,35,36);10-16H,2-9H2,1H3,(H,31,37)(H,32,33)(H,30,34,35);8-15H,1-7H2,(H,30,36)(H,31,32)(H,29,33,34);9-15H,2-8H2,1H3,(H,30,36)(H,31,32)(H,29,33,34). The molecule has 40 heteroatoms. The minimum atomic E-state index is -0.0942. The summed E-state index contributed by atoms with van der Waals surface area (Å²) in [5.41, 5.74) is 26.4. The normalized spacial score (nSPS) is 14.6. The Morgan fingerprint density at radius 3 is 0.864 bits per heavy atom. The number of carbonyl (C=O) groups is 4. The van der Waals surface area contributed by atoms with E-state index in [2.05, 4.69) is 168 Å². The molecule has 0 bridgehead atoms. The van der Waals surface area contributed by atoms with Crippen LogP contribution in [-0.4, -0.2) is 216 Å². The zero-order chi connectivity index (χ0) is 100. The van der Waals surface area contributed by atoms with Crippen LogP contribution in [0.5, 0.6) is 0 Å². The average Bonchev–Trinajstić information content (AvgIpc) is 1.63. The molecular formula is C107H112N36O4. The van der Waals surface area contributed by atoms with Crippen molar-refractivity contribution in [3.8, 4) is 90.6 Å². The third-order valence-electron chi connectivity index (χ3n) is 27.2. The largest absolute Gasteiger partial charge is 0.368 e. The maximum atomic E-state index is 12.4. The molecule has 4 aliphatic heterocycles. The molecule has 0 aromatic carbocycles. The molecule has 4 amide bonds. The molecule has 25 rings (SSSR count). The smallest absolute Gasteiger partial charge is 0.227 e. The van der Waals surface area contributed by atoms with Crippen molar-refractivity contribution in [2.24, 2.45) is 11.3 Å². The van der Waals surface area contributed by atoms with Crippen LogP contribution in [0, 0.1) is 11.3 Å². The van der Waals surface area contributed by atoms with Crippen LogP contribution in [0.3, 0.4) is 0 Å². The zero-order valence-electron chi connectivity index (χ0n) is 82.4. The van der Waals surface area contributed by atoms with Gasteiger partial charge in [-0.2, -0.15) is 20.4 Å². The fraction of sp³-hybridized carbons (Fsp3) is 0.327. The summed E-state index contributed by atoms with van der Waals surface area (Å²) in [7, 11) is 0. The Hall–Kier alpha value is -17.4. The average molecular weight is 1970 g/mol. The molecule has 0 radical (unpaired) electrons. The number of aromatic nitrogens is 28. The van der Waals surface area contributed by atoms with Crippen LogP contribution < -0.4 is 40.9 Å². The maximum Gasteiger partial charge on any atom is 0.227 e. The molecule has 4 saturated heterocycles. The predicted octanol–water partition coefficient (Wildman–Crippen LogP) is 19.4. The molecule has 147 heavy (non-hydrogen) atoms. The molecule has 0 spiro atoms. The molecule has 0 atom stereocenters. The Balaban J connectivity index is 0.000000111. The van der Waals surface area contributed by atoms with Gasteiger partial charge < -0.3 is 60.8 Å². The number of aromatic amines is 8. The van der Waals surface area contributed by atoms with Crippen LogP contribution in [0.1, 0.15) is 163 Å². The lowest BCUT2D eigenvalue weighted by molar-refractivity contribution is -0.118. The Labute approximate surface area is 843 Å². The van der Waals surface area contributed by atoms with Crippen molar-refractivity contribution in [1.82, 2.24) is 140 Å². The number of pyridine rings is 12. The fourth-order valence-corrected chi connectivity index (χ4v) is 19.5. The molecule has 24 heterocycles. The quantitative estimate of drug-likeness (QED) is 0.0283. The summed E-state index contributed by atoms with van der Waals surface area (Å²) in [5.74, 6) is 2.90. The van der Waals surface area contributed by atoms with Gasteiger partial charge in [-0.15, -0.1) is 0 Å². The van der Waals surface area contributed by atoms with Gasteiger partial charge in [0.2, 0.25) is 23.6 Å². The number of hydrogen-bond donors (Lipinski definition) is 12. The third-order valence-corrected chi connectivity index (χ3v) is 27.2. The molecule has 1 aliphatic carbocycles. The number of carbonyl (C=O) groups excluding carboxylic acids is 4. The topological polar surface area (TPSA) is 513 Å². The summed E-state index contributed by atoms with van der Waals surface area (Å²) >= 11 is 0. The molecule has 0 unspecified atom stereocenters. The summed E-state index contributed by atoms with van der Waals surface area (Å²) in [4.78, 5) is 145. The first-order valence-electron chi connectivity index (χ1n) is 50.7. The van der Waals surface area contributed by atoms with Gasteiger partial charge in [0.25, 0.3) is 0 Å². The lowest BCUT2D eigenvalue weighted by Crippen LogP contribution is -2.29. The van der Waals surface area contributed by atoms with E-state index in [0.29, 0.717) is 87.9 Å². The number of fused-ring (bicyclic) bond motifs is 8. The van der Waals surface area contributed by atoms with Gasteiger partial charge in [-0.25, -0.2) is 39.9 Å². The molecule has 1 saturated carbocycles. The molecule has 744 valence electrons. The van der Waals surface area contributed by atoms with E-state index in [4.69, 9.17) is 19.9 Å². The number of nitrogens with zero attached hydrogens (tertiary/aromatic N) is 24. The predicted molar refractivity (Wildman–Crippen MR) is 570 cm³/mol. The number of H-pyrrole nitrogens is 8. The molecule has 5 aliphatic rings. The van der Waals surface area contributed by atoms with Gasteiger partial charge >= 0.3 is 0 Å². The minimum Gasteiger partial charge on any atom is -0.368 e. The van der Waals surface area contributed by atoms with Crippen molar-refractivity contribution in [2.45, 2.75) is 163 Å². The van der Waals surface area contributed by atoms with Gasteiger partial charge in [0.15, 0.2) is 45.9 Å². The van der Waals surface area contributed by atoms with Gasteiger partial charge in [-0.3, -0.25) is 79.4 Å². The van der Waals surface area contributed by atoms with E-state index in [-0.39, 0.29) is 35.0 Å². The van der Waals surface area contributed by atoms with Gasteiger partial charge in [-0.05, 0) is 157 Å². The van der Waals surface area contributed by atoms with E-state index in [1.807, 2.05) is 126 Å². The number of amides is 4. The molecular weight excluding hydrogens is 1850 g/mol. The lowest BCUT2D eigenvalue weighted by Gasteiger charge is -2.28. The second-order valence-corrected chi connectivity index (χ2v) is 39.4. The Kier molecular flexibility index (Phi) is 26.9. The van der Waals surface area contributed by atoms with Gasteiger partial charge in [0, 0.05) is 172 Å². The zero-order valence-corrected chi connectivity index (χ0v) is 82.4. The summed E-state index contributed by atoms with van der Waals surface area (Å²) in [5, 5.41) is 45.2. The van der Waals surface area contributed by atoms with Crippen LogP contribution >= 0.6 is 0 Å². The summed E-state index contributed by atoms with van der Waals surface area (Å²) in [6.45, 7) is 18.3. The van der Waals surface area contributed by atoms with E-state index >= 15 is 0 Å². The minimum absolute atomic E-state index is 0.00482. The van der Waals surface area contributed by atoms with Crippen molar-refractivity contribution in [2.75, 3.05) is 93.2 Å². The Bertz CT molecular complexity index is 8230. The van der Waals surface area contributed by atoms with Gasteiger partial charge in [-0.1, -0.05) is 41.0 Å². The van der Waals surface area contributed by atoms with E-state index in [1.54, 1.807) is 74.4 Å². The van der Waals surface area contributed by atoms with Gasteiger partial charge in [0.1, 0.15) is 44.8 Å². The summed E-state index contributed by atoms with van der Waals surface area (Å²) in [6.07, 6.45) is 56.1. The highest BCUT2D eigenvalue weighted by molar-refractivity contribution is 6.03. The van der Waals surface area contributed by atoms with Crippen molar-refractivity contribution in [3.05, 3.63) is 172 Å². The second kappa shape index (κ2) is 41.9. The first kappa shape index (κ1) is 94.5. The number of anilines is 8. The molecule has 20 aromatic rings. The monoisotopic (exact) mass is 1960 g/mol. The van der Waals surface area contributed by atoms with Crippen molar-refractivity contribution in [3.63, 3.8) is 0 Å².